The molecule has 6 nitrogen and oxygen atoms in total. The Hall–Kier alpha value is -2.71. The van der Waals surface area contributed by atoms with E-state index in [1.165, 1.54) is 43.2 Å². The lowest BCUT2D eigenvalue weighted by Gasteiger charge is -2.25. The number of hydrogen-bond donors (Lipinski definition) is 1. The van der Waals surface area contributed by atoms with E-state index in [1.54, 1.807) is 19.1 Å². The van der Waals surface area contributed by atoms with E-state index < -0.39 is 0 Å². The molecule has 1 amide bonds. The van der Waals surface area contributed by atoms with Crippen LogP contribution in [0.25, 0.3) is 11.4 Å². The molecule has 0 bridgehead atoms. The number of halogens is 2. The SMILES string of the molecule is CC(=NNC(=O)CSc1nnc(-c2ccc(Cl)cc2)n1C1CCCCC1)c1ccc(F)cc1. The summed E-state index contributed by atoms with van der Waals surface area (Å²) in [5.74, 6) is 0.400. The van der Waals surface area contributed by atoms with Gasteiger partial charge in [0, 0.05) is 16.6 Å². The largest absolute Gasteiger partial charge is 0.299 e. The fourth-order valence-electron chi connectivity index (χ4n) is 3.90. The number of hydrazone groups is 1. The van der Waals surface area contributed by atoms with E-state index in [1.807, 2.05) is 24.3 Å². The molecule has 0 spiro atoms. The summed E-state index contributed by atoms with van der Waals surface area (Å²) in [6.07, 6.45) is 5.72. The Kier molecular flexibility index (Phi) is 7.77. The summed E-state index contributed by atoms with van der Waals surface area (Å²) in [6, 6.07) is 13.9. The maximum Gasteiger partial charge on any atom is 0.250 e. The minimum absolute atomic E-state index is 0.158. The minimum atomic E-state index is -0.313. The Morgan fingerprint density at radius 3 is 2.52 bits per heavy atom. The average molecular weight is 486 g/mol. The molecular formula is C24H25ClFN5OS. The number of nitrogens with one attached hydrogen (secondary N) is 1. The molecule has 4 rings (SSSR count). The van der Waals surface area contributed by atoms with E-state index in [9.17, 15) is 9.18 Å². The van der Waals surface area contributed by atoms with Gasteiger partial charge in [0.15, 0.2) is 11.0 Å². The van der Waals surface area contributed by atoms with Crippen molar-refractivity contribution in [2.24, 2.45) is 5.10 Å². The molecule has 33 heavy (non-hydrogen) atoms. The fraction of sp³-hybridized carbons (Fsp3) is 0.333. The first kappa shape index (κ1) is 23.4. The van der Waals surface area contributed by atoms with Gasteiger partial charge in [-0.2, -0.15) is 5.10 Å². The fourth-order valence-corrected chi connectivity index (χ4v) is 4.83. The Bertz CT molecular complexity index is 1120. The van der Waals surface area contributed by atoms with Crippen molar-refractivity contribution in [2.75, 3.05) is 5.75 Å². The van der Waals surface area contributed by atoms with Gasteiger partial charge in [-0.1, -0.05) is 54.8 Å². The summed E-state index contributed by atoms with van der Waals surface area (Å²) >= 11 is 7.41. The summed E-state index contributed by atoms with van der Waals surface area (Å²) < 4.78 is 15.3. The zero-order valence-electron chi connectivity index (χ0n) is 18.3. The number of aromatic nitrogens is 3. The lowest BCUT2D eigenvalue weighted by molar-refractivity contribution is -0.118. The maximum absolute atomic E-state index is 13.1. The Morgan fingerprint density at radius 1 is 1.12 bits per heavy atom. The smallest absolute Gasteiger partial charge is 0.250 e. The Balaban J connectivity index is 1.47. The summed E-state index contributed by atoms with van der Waals surface area (Å²) in [5.41, 5.74) is 4.87. The van der Waals surface area contributed by atoms with Crippen LogP contribution in [-0.2, 0) is 4.79 Å². The van der Waals surface area contributed by atoms with Crippen molar-refractivity contribution in [1.29, 1.82) is 0 Å². The zero-order chi connectivity index (χ0) is 23.2. The second-order valence-corrected chi connectivity index (χ2v) is 9.38. The van der Waals surface area contributed by atoms with Crippen molar-refractivity contribution in [1.82, 2.24) is 20.2 Å². The number of carbonyl (C=O) groups excluding carboxylic acids is 1. The highest BCUT2D eigenvalue weighted by Crippen LogP contribution is 2.35. The monoisotopic (exact) mass is 485 g/mol. The quantitative estimate of drug-likeness (QED) is 0.258. The normalized spacial score (nSPS) is 14.9. The van der Waals surface area contributed by atoms with Crippen LogP contribution in [0, 0.1) is 5.82 Å². The van der Waals surface area contributed by atoms with Gasteiger partial charge >= 0.3 is 0 Å². The van der Waals surface area contributed by atoms with Crippen LogP contribution in [0.2, 0.25) is 5.02 Å². The molecule has 0 radical (unpaired) electrons. The van der Waals surface area contributed by atoms with Gasteiger partial charge in [0.2, 0.25) is 0 Å². The van der Waals surface area contributed by atoms with Crippen molar-refractivity contribution in [3.8, 4) is 11.4 Å². The highest BCUT2D eigenvalue weighted by molar-refractivity contribution is 7.99. The highest BCUT2D eigenvalue weighted by Gasteiger charge is 2.24. The van der Waals surface area contributed by atoms with Crippen LogP contribution < -0.4 is 5.43 Å². The van der Waals surface area contributed by atoms with Crippen LogP contribution in [0.1, 0.15) is 50.6 Å². The third-order valence-electron chi connectivity index (χ3n) is 5.65. The topological polar surface area (TPSA) is 72.2 Å². The highest BCUT2D eigenvalue weighted by atomic mass is 35.5. The molecule has 0 atom stereocenters. The first-order valence-corrected chi connectivity index (χ1v) is 12.3. The molecule has 9 heteroatoms. The van der Waals surface area contributed by atoms with Crippen molar-refractivity contribution in [3.05, 3.63) is 64.9 Å². The van der Waals surface area contributed by atoms with Gasteiger partial charge in [0.05, 0.1) is 11.5 Å². The predicted molar refractivity (Wildman–Crippen MR) is 130 cm³/mol. The van der Waals surface area contributed by atoms with Crippen LogP contribution in [0.3, 0.4) is 0 Å². The molecule has 0 saturated heterocycles. The standard InChI is InChI=1S/C24H25ClFN5OS/c1-16(17-9-13-20(26)14-10-17)27-28-22(32)15-33-24-30-29-23(18-7-11-19(25)12-8-18)31(24)21-5-3-2-4-6-21/h7-14,21H,2-6,15H2,1H3,(H,28,32). The molecule has 0 unspecified atom stereocenters. The molecule has 1 heterocycles. The molecule has 0 aliphatic heterocycles. The zero-order valence-corrected chi connectivity index (χ0v) is 19.9. The number of amides is 1. The van der Waals surface area contributed by atoms with E-state index >= 15 is 0 Å². The molecule has 1 aromatic heterocycles. The predicted octanol–water partition coefficient (Wildman–Crippen LogP) is 5.88. The Morgan fingerprint density at radius 2 is 1.82 bits per heavy atom. The van der Waals surface area contributed by atoms with E-state index in [0.717, 1.165) is 34.9 Å². The maximum atomic E-state index is 13.1. The van der Waals surface area contributed by atoms with E-state index in [0.29, 0.717) is 16.8 Å². The van der Waals surface area contributed by atoms with Crippen LogP contribution in [0.4, 0.5) is 4.39 Å². The molecule has 3 aromatic rings. The lowest BCUT2D eigenvalue weighted by atomic mass is 9.95. The summed E-state index contributed by atoms with van der Waals surface area (Å²) in [4.78, 5) is 12.4. The summed E-state index contributed by atoms with van der Waals surface area (Å²) in [5, 5.41) is 14.4. The molecule has 1 N–H and O–H groups in total. The van der Waals surface area contributed by atoms with Gasteiger partial charge < -0.3 is 0 Å². The van der Waals surface area contributed by atoms with Crippen LogP contribution in [0.5, 0.6) is 0 Å². The van der Waals surface area contributed by atoms with Gasteiger partial charge in [0.1, 0.15) is 5.82 Å². The molecular weight excluding hydrogens is 461 g/mol. The number of benzene rings is 2. The Labute approximate surface area is 201 Å². The van der Waals surface area contributed by atoms with Crippen molar-refractivity contribution >= 4 is 35.0 Å². The summed E-state index contributed by atoms with van der Waals surface area (Å²) in [7, 11) is 0. The van der Waals surface area contributed by atoms with Gasteiger partial charge in [0.25, 0.3) is 5.91 Å². The van der Waals surface area contributed by atoms with Crippen LogP contribution >= 0.6 is 23.4 Å². The van der Waals surface area contributed by atoms with Crippen LogP contribution in [-0.4, -0.2) is 32.1 Å². The van der Waals surface area contributed by atoms with Gasteiger partial charge in [-0.3, -0.25) is 9.36 Å². The molecule has 1 aliphatic carbocycles. The number of rotatable bonds is 7. The molecule has 1 fully saturated rings. The molecule has 2 aromatic carbocycles. The van der Waals surface area contributed by atoms with E-state index in [4.69, 9.17) is 11.6 Å². The molecule has 1 saturated carbocycles. The first-order chi connectivity index (χ1) is 16.0. The number of nitrogens with zero attached hydrogens (tertiary/aromatic N) is 4. The second kappa shape index (κ2) is 10.9. The van der Waals surface area contributed by atoms with E-state index in [-0.39, 0.29) is 17.5 Å². The number of carbonyl (C=O) groups is 1. The lowest BCUT2D eigenvalue weighted by Crippen LogP contribution is -2.22. The van der Waals surface area contributed by atoms with Crippen LogP contribution in [0.15, 0.2) is 58.8 Å². The van der Waals surface area contributed by atoms with Gasteiger partial charge in [-0.15, -0.1) is 10.2 Å². The average Bonchev–Trinajstić information content (AvgIpc) is 3.26. The molecule has 172 valence electrons. The third kappa shape index (κ3) is 6.00. The number of thioether (sulfide) groups is 1. The van der Waals surface area contributed by atoms with Crippen molar-refractivity contribution in [2.45, 2.75) is 50.2 Å². The number of hydrogen-bond acceptors (Lipinski definition) is 5. The summed E-state index contributed by atoms with van der Waals surface area (Å²) in [6.45, 7) is 1.76. The van der Waals surface area contributed by atoms with Crippen molar-refractivity contribution < 1.29 is 9.18 Å². The first-order valence-electron chi connectivity index (χ1n) is 10.9. The van der Waals surface area contributed by atoms with Gasteiger partial charge in [-0.25, -0.2) is 9.82 Å². The third-order valence-corrected chi connectivity index (χ3v) is 6.84. The minimum Gasteiger partial charge on any atom is -0.299 e. The van der Waals surface area contributed by atoms with E-state index in [2.05, 4.69) is 25.3 Å². The van der Waals surface area contributed by atoms with Crippen molar-refractivity contribution in [3.63, 3.8) is 0 Å². The molecule has 1 aliphatic rings. The second-order valence-electron chi connectivity index (χ2n) is 8.00. The van der Waals surface area contributed by atoms with Gasteiger partial charge in [-0.05, 0) is 61.7 Å².